The third-order valence-corrected chi connectivity index (χ3v) is 8.03. The van der Waals surface area contributed by atoms with Crippen molar-refractivity contribution in [2.75, 3.05) is 165 Å². The molecule has 17 heteroatoms. The van der Waals surface area contributed by atoms with Gasteiger partial charge in [0, 0.05) is 12.5 Å². The van der Waals surface area contributed by atoms with Crippen LogP contribution in [0.5, 0.6) is 0 Å². The van der Waals surface area contributed by atoms with E-state index < -0.39 is 12.2 Å². The maximum atomic E-state index is 12.2. The fourth-order valence-corrected chi connectivity index (χ4v) is 5.36. The van der Waals surface area contributed by atoms with Crippen LogP contribution in [0.3, 0.4) is 0 Å². The third kappa shape index (κ3) is 23.5. The summed E-state index contributed by atoms with van der Waals surface area (Å²) >= 11 is 0. The maximum absolute atomic E-state index is 12.2. The zero-order valence-electron chi connectivity index (χ0n) is 32.9. The van der Waals surface area contributed by atoms with Gasteiger partial charge in [0.1, 0.15) is 13.2 Å². The van der Waals surface area contributed by atoms with Crippen molar-refractivity contribution in [3.63, 3.8) is 0 Å². The van der Waals surface area contributed by atoms with Gasteiger partial charge in [0.2, 0.25) is 0 Å². The minimum absolute atomic E-state index is 0.00172. The summed E-state index contributed by atoms with van der Waals surface area (Å²) in [5, 5.41) is 11.1. The molecule has 1 aliphatic rings. The summed E-state index contributed by atoms with van der Waals surface area (Å²) < 4.78 is 69.7. The van der Waals surface area contributed by atoms with Crippen molar-refractivity contribution < 1.29 is 76.3 Å². The lowest BCUT2D eigenvalue weighted by atomic mass is 9.98. The molecule has 3 rings (SSSR count). The van der Waals surface area contributed by atoms with Gasteiger partial charge >= 0.3 is 12.2 Å². The van der Waals surface area contributed by atoms with Crippen molar-refractivity contribution in [1.82, 2.24) is 5.32 Å². The van der Waals surface area contributed by atoms with Crippen molar-refractivity contribution >= 4 is 12.2 Å². The predicted molar refractivity (Wildman–Crippen MR) is 206 cm³/mol. The molecule has 0 atom stereocenters. The average Bonchev–Trinajstić information content (AvgIpc) is 3.54. The van der Waals surface area contributed by atoms with Crippen LogP contribution in [-0.2, 0) is 61.6 Å². The number of hydrogen-bond donors (Lipinski definition) is 2. The van der Waals surface area contributed by atoms with Gasteiger partial charge in [-0.25, -0.2) is 9.59 Å². The predicted octanol–water partition coefficient (Wildman–Crippen LogP) is 3.40. The number of hydrogen-bond acceptors (Lipinski definition) is 15. The maximum Gasteiger partial charge on any atom is 0.505 e. The Morgan fingerprint density at radius 1 is 0.421 bits per heavy atom. The first-order valence-electron chi connectivity index (χ1n) is 19.5. The topological polar surface area (TPSA) is 186 Å². The van der Waals surface area contributed by atoms with Crippen LogP contribution in [0.1, 0.15) is 17.0 Å². The molecule has 2 aromatic rings. The Labute approximate surface area is 335 Å². The summed E-state index contributed by atoms with van der Waals surface area (Å²) in [5.74, 6) is 0.0307. The molecule has 1 aliphatic carbocycles. The molecule has 0 spiro atoms. The molecule has 17 nitrogen and oxygen atoms in total. The fraction of sp³-hybridized carbons (Fsp3) is 0.650. The average molecular weight is 812 g/mol. The number of ether oxygens (including phenoxy) is 13. The Kier molecular flexibility index (Phi) is 28.2. The minimum atomic E-state index is -1.32. The number of carboxylic acid groups (broad SMARTS) is 1. The van der Waals surface area contributed by atoms with E-state index in [4.69, 9.17) is 61.9 Å². The van der Waals surface area contributed by atoms with Gasteiger partial charge in [0.25, 0.3) is 0 Å². The Morgan fingerprint density at radius 3 is 1.05 bits per heavy atom. The molecular formula is C40H61NO16. The van der Waals surface area contributed by atoms with Crippen LogP contribution in [0.25, 0.3) is 11.1 Å². The summed E-state index contributed by atoms with van der Waals surface area (Å²) in [7, 11) is 0. The molecule has 57 heavy (non-hydrogen) atoms. The van der Waals surface area contributed by atoms with Gasteiger partial charge in [0.15, 0.2) is 0 Å². The molecule has 1 amide bonds. The van der Waals surface area contributed by atoms with Gasteiger partial charge in [-0.1, -0.05) is 48.5 Å². The zero-order valence-corrected chi connectivity index (χ0v) is 32.9. The number of alkyl carbamates (subject to hydrolysis) is 1. The van der Waals surface area contributed by atoms with E-state index in [0.29, 0.717) is 145 Å². The molecule has 322 valence electrons. The van der Waals surface area contributed by atoms with Gasteiger partial charge in [0.05, 0.1) is 145 Å². The highest BCUT2D eigenvalue weighted by molar-refractivity contribution is 5.79. The van der Waals surface area contributed by atoms with Gasteiger partial charge in [-0.2, -0.15) is 0 Å². The lowest BCUT2D eigenvalue weighted by Crippen LogP contribution is -2.29. The van der Waals surface area contributed by atoms with E-state index >= 15 is 0 Å². The van der Waals surface area contributed by atoms with Gasteiger partial charge in [-0.3, -0.25) is 0 Å². The second kappa shape index (κ2) is 33.5. The van der Waals surface area contributed by atoms with Crippen LogP contribution in [0.4, 0.5) is 9.59 Å². The SMILES string of the molecule is O=C(O)OCCOCCOCCOCCOCCOCCOCCOCCOCCOCCOCCOCCNC(=O)OCC1c2ccccc2-c2ccccc21. The summed E-state index contributed by atoms with van der Waals surface area (Å²) in [6.45, 7) is 10.2. The van der Waals surface area contributed by atoms with Crippen LogP contribution in [0.2, 0.25) is 0 Å². The number of fused-ring (bicyclic) bond motifs is 3. The smallest absolute Gasteiger partial charge is 0.450 e. The Bertz CT molecular complexity index is 1260. The lowest BCUT2D eigenvalue weighted by molar-refractivity contribution is -0.0280. The second-order valence-corrected chi connectivity index (χ2v) is 12.1. The fourth-order valence-electron chi connectivity index (χ4n) is 5.36. The Hall–Kier alpha value is -3.46. The molecule has 0 radical (unpaired) electrons. The number of carbonyl (C=O) groups is 2. The van der Waals surface area contributed by atoms with Gasteiger partial charge in [-0.05, 0) is 22.3 Å². The van der Waals surface area contributed by atoms with E-state index in [1.54, 1.807) is 0 Å². The quantitative estimate of drug-likeness (QED) is 0.0742. The monoisotopic (exact) mass is 811 g/mol. The second-order valence-electron chi connectivity index (χ2n) is 12.1. The molecule has 2 aromatic carbocycles. The number of rotatable bonds is 38. The van der Waals surface area contributed by atoms with Crippen LogP contribution in [0.15, 0.2) is 48.5 Å². The first-order chi connectivity index (χ1) is 28.2. The highest BCUT2D eigenvalue weighted by Gasteiger charge is 2.28. The lowest BCUT2D eigenvalue weighted by Gasteiger charge is -2.14. The van der Waals surface area contributed by atoms with E-state index in [9.17, 15) is 9.59 Å². The molecule has 0 fully saturated rings. The van der Waals surface area contributed by atoms with E-state index in [1.165, 1.54) is 22.3 Å². The Morgan fingerprint density at radius 2 is 0.719 bits per heavy atom. The standard InChI is InChI=1S/C40H61NO16/c42-39(57-33-38-36-7-3-1-5-34(36)35-6-2-4-8-37(35)38)41-9-10-45-11-12-46-13-14-47-15-16-48-17-18-49-19-20-50-21-22-51-23-24-52-25-26-53-27-28-54-29-30-55-31-32-56-40(43)44/h1-8,38H,9-33H2,(H,41,42)(H,43,44). The Balaban J connectivity index is 0.933. The molecule has 2 N–H and O–H groups in total. The molecular weight excluding hydrogens is 750 g/mol. The van der Waals surface area contributed by atoms with Crippen molar-refractivity contribution in [3.05, 3.63) is 59.7 Å². The van der Waals surface area contributed by atoms with E-state index in [-0.39, 0.29) is 25.7 Å². The van der Waals surface area contributed by atoms with E-state index in [1.807, 2.05) is 24.3 Å². The summed E-state index contributed by atoms with van der Waals surface area (Å²) in [4.78, 5) is 22.4. The van der Waals surface area contributed by atoms with Crippen molar-refractivity contribution in [2.45, 2.75) is 5.92 Å². The van der Waals surface area contributed by atoms with Crippen molar-refractivity contribution in [1.29, 1.82) is 0 Å². The number of benzene rings is 2. The summed E-state index contributed by atoms with van der Waals surface area (Å²) in [5.41, 5.74) is 4.75. The molecule has 0 heterocycles. The minimum Gasteiger partial charge on any atom is -0.450 e. The van der Waals surface area contributed by atoms with Crippen LogP contribution in [0, 0.1) is 0 Å². The van der Waals surface area contributed by atoms with Gasteiger partial charge in [-0.15, -0.1) is 0 Å². The largest absolute Gasteiger partial charge is 0.505 e. The first-order valence-corrected chi connectivity index (χ1v) is 19.5. The normalized spacial score (nSPS) is 12.1. The number of amides is 1. The van der Waals surface area contributed by atoms with E-state index in [0.717, 1.165) is 0 Å². The molecule has 0 aromatic heterocycles. The molecule has 0 saturated carbocycles. The highest BCUT2D eigenvalue weighted by Crippen LogP contribution is 2.44. The van der Waals surface area contributed by atoms with Crippen molar-refractivity contribution in [2.24, 2.45) is 0 Å². The number of nitrogens with one attached hydrogen (secondary N) is 1. The third-order valence-electron chi connectivity index (χ3n) is 8.03. The molecule has 0 bridgehead atoms. The highest BCUT2D eigenvalue weighted by atomic mass is 16.7. The summed E-state index contributed by atoms with van der Waals surface area (Å²) in [6.07, 6.45) is -1.77. The van der Waals surface area contributed by atoms with Crippen LogP contribution < -0.4 is 5.32 Å². The van der Waals surface area contributed by atoms with E-state index in [2.05, 4.69) is 34.3 Å². The first kappa shape index (κ1) is 47.9. The van der Waals surface area contributed by atoms with Crippen LogP contribution >= 0.6 is 0 Å². The van der Waals surface area contributed by atoms with Crippen molar-refractivity contribution in [3.8, 4) is 11.1 Å². The zero-order chi connectivity index (χ0) is 40.3. The molecule has 0 saturated heterocycles. The molecule has 0 unspecified atom stereocenters. The summed E-state index contributed by atoms with van der Waals surface area (Å²) in [6, 6.07) is 16.5. The number of carbonyl (C=O) groups excluding carboxylic acids is 1. The van der Waals surface area contributed by atoms with Gasteiger partial charge < -0.3 is 72.0 Å². The van der Waals surface area contributed by atoms with Crippen LogP contribution in [-0.4, -0.2) is 182 Å². The molecule has 0 aliphatic heterocycles.